The van der Waals surface area contributed by atoms with E-state index in [4.69, 9.17) is 0 Å². The van der Waals surface area contributed by atoms with E-state index in [1.165, 1.54) is 17.0 Å². The van der Waals surface area contributed by atoms with E-state index < -0.39 is 23.6 Å². The van der Waals surface area contributed by atoms with Crippen molar-refractivity contribution in [1.82, 2.24) is 15.1 Å². The van der Waals surface area contributed by atoms with Crippen LogP contribution in [0, 0.1) is 5.82 Å². The number of likely N-dealkylation sites (N-methyl/N-ethyl adjacent to an activating group) is 1. The van der Waals surface area contributed by atoms with Crippen molar-refractivity contribution in [2.24, 2.45) is 4.99 Å². The van der Waals surface area contributed by atoms with Crippen LogP contribution in [0.25, 0.3) is 0 Å². The average molecular weight is 436 g/mol. The number of amidine groups is 1. The van der Waals surface area contributed by atoms with Crippen LogP contribution in [0.5, 0.6) is 0 Å². The topological polar surface area (TPSA) is 82.1 Å². The van der Waals surface area contributed by atoms with Crippen molar-refractivity contribution in [2.75, 3.05) is 13.6 Å². The minimum Gasteiger partial charge on any atom is -0.350 e. The van der Waals surface area contributed by atoms with Crippen LogP contribution < -0.4 is 5.32 Å². The summed E-state index contributed by atoms with van der Waals surface area (Å²) in [4.78, 5) is 46.1. The monoisotopic (exact) mass is 436 g/mol. The quantitative estimate of drug-likeness (QED) is 0.554. The predicted octanol–water partition coefficient (Wildman–Crippen LogP) is 1.91. The number of amides is 2. The molecule has 0 saturated carbocycles. The molecule has 2 amide bonds. The van der Waals surface area contributed by atoms with Gasteiger partial charge < -0.3 is 5.32 Å². The number of benzene rings is 2. The zero-order chi connectivity index (χ0) is 22.7. The number of nitrogens with one attached hydrogen (secondary N) is 1. The van der Waals surface area contributed by atoms with Crippen molar-refractivity contribution in [3.8, 4) is 0 Å². The minimum absolute atomic E-state index is 0.114. The van der Waals surface area contributed by atoms with E-state index in [-0.39, 0.29) is 18.4 Å². The number of rotatable bonds is 6. The van der Waals surface area contributed by atoms with Gasteiger partial charge >= 0.3 is 0 Å². The van der Waals surface area contributed by atoms with Gasteiger partial charge in [0.25, 0.3) is 17.6 Å². The Bertz CT molecular complexity index is 1040. The first-order chi connectivity index (χ1) is 15.4. The standard InChI is InChI=1S/C24H25FN4O3/c1-28(15-17-6-3-2-4-7-17)19-8-5-13-29-22(19)27-20(21(30)24(29)32)23(31)26-14-16-9-11-18(25)12-10-16/h2-4,6-7,9-12,19-20H,5,8,13-15H2,1H3,(H,26,31). The number of piperidine rings is 1. The Labute approximate surface area is 185 Å². The van der Waals surface area contributed by atoms with Gasteiger partial charge in [-0.1, -0.05) is 42.5 Å². The molecule has 0 aliphatic carbocycles. The molecule has 1 N–H and O–H groups in total. The molecule has 2 aromatic carbocycles. The zero-order valence-corrected chi connectivity index (χ0v) is 17.8. The highest BCUT2D eigenvalue weighted by atomic mass is 19.1. The highest BCUT2D eigenvalue weighted by molar-refractivity contribution is 6.46. The van der Waals surface area contributed by atoms with Gasteiger partial charge in [0.2, 0.25) is 0 Å². The maximum atomic E-state index is 13.1. The predicted molar refractivity (Wildman–Crippen MR) is 117 cm³/mol. The van der Waals surface area contributed by atoms with Gasteiger partial charge in [-0.2, -0.15) is 0 Å². The molecule has 166 valence electrons. The van der Waals surface area contributed by atoms with Crippen LogP contribution in [-0.4, -0.2) is 58.9 Å². The van der Waals surface area contributed by atoms with Gasteiger partial charge in [-0.3, -0.25) is 24.2 Å². The lowest BCUT2D eigenvalue weighted by molar-refractivity contribution is -0.146. The summed E-state index contributed by atoms with van der Waals surface area (Å²) in [5.41, 5.74) is 1.81. The molecule has 2 aromatic rings. The van der Waals surface area contributed by atoms with Crippen LogP contribution in [0.2, 0.25) is 0 Å². The van der Waals surface area contributed by atoms with Crippen LogP contribution in [0.1, 0.15) is 24.0 Å². The van der Waals surface area contributed by atoms with E-state index in [9.17, 15) is 18.8 Å². The lowest BCUT2D eigenvalue weighted by Crippen LogP contribution is -2.60. The zero-order valence-electron chi connectivity index (χ0n) is 17.8. The molecule has 2 aliphatic heterocycles. The smallest absolute Gasteiger partial charge is 0.298 e. The number of hydrogen-bond donors (Lipinski definition) is 1. The Morgan fingerprint density at radius 2 is 1.84 bits per heavy atom. The summed E-state index contributed by atoms with van der Waals surface area (Å²) in [6.45, 7) is 1.19. The normalized spacial score (nSPS) is 20.7. The van der Waals surface area contributed by atoms with Crippen molar-refractivity contribution in [3.05, 3.63) is 71.5 Å². The van der Waals surface area contributed by atoms with Crippen LogP contribution in [0.3, 0.4) is 0 Å². The van der Waals surface area contributed by atoms with E-state index >= 15 is 0 Å². The number of nitrogens with zero attached hydrogens (tertiary/aromatic N) is 3. The number of hydrogen-bond acceptors (Lipinski definition) is 5. The number of carbonyl (C=O) groups excluding carboxylic acids is 3. The molecule has 8 heteroatoms. The second kappa shape index (κ2) is 9.40. The molecule has 32 heavy (non-hydrogen) atoms. The van der Waals surface area contributed by atoms with Gasteiger partial charge in [0.05, 0.1) is 6.04 Å². The van der Waals surface area contributed by atoms with Crippen molar-refractivity contribution >= 4 is 23.4 Å². The highest BCUT2D eigenvalue weighted by Gasteiger charge is 2.44. The second-order valence-electron chi connectivity index (χ2n) is 8.11. The largest absolute Gasteiger partial charge is 0.350 e. The highest BCUT2D eigenvalue weighted by Crippen LogP contribution is 2.24. The third-order valence-corrected chi connectivity index (χ3v) is 5.83. The van der Waals surface area contributed by atoms with E-state index in [0.717, 1.165) is 18.4 Å². The molecule has 1 saturated heterocycles. The van der Waals surface area contributed by atoms with E-state index in [0.29, 0.717) is 24.5 Å². The number of halogens is 1. The van der Waals surface area contributed by atoms with Crippen LogP contribution in [0.15, 0.2) is 59.6 Å². The van der Waals surface area contributed by atoms with Crippen LogP contribution >= 0.6 is 0 Å². The fraction of sp³-hybridized carbons (Fsp3) is 0.333. The van der Waals surface area contributed by atoms with Gasteiger partial charge in [0.15, 0.2) is 6.04 Å². The molecule has 2 atom stereocenters. The van der Waals surface area contributed by atoms with Crippen LogP contribution in [-0.2, 0) is 27.5 Å². The summed E-state index contributed by atoms with van der Waals surface area (Å²) in [7, 11) is 1.95. The Balaban J connectivity index is 1.52. The van der Waals surface area contributed by atoms with Gasteiger partial charge in [-0.15, -0.1) is 0 Å². The third kappa shape index (κ3) is 4.60. The summed E-state index contributed by atoms with van der Waals surface area (Å²) in [6, 6.07) is 14.1. The third-order valence-electron chi connectivity index (χ3n) is 5.83. The minimum atomic E-state index is -1.40. The van der Waals surface area contributed by atoms with Gasteiger partial charge in [-0.05, 0) is 43.1 Å². The lowest BCUT2D eigenvalue weighted by atomic mass is 9.97. The first-order valence-electron chi connectivity index (χ1n) is 10.6. The number of aliphatic imine (C=N–C) groups is 1. The molecule has 0 bridgehead atoms. The van der Waals surface area contributed by atoms with Crippen molar-refractivity contribution in [1.29, 1.82) is 0 Å². The summed E-state index contributed by atoms with van der Waals surface area (Å²) in [6.07, 6.45) is 1.54. The van der Waals surface area contributed by atoms with Gasteiger partial charge in [0, 0.05) is 19.6 Å². The Morgan fingerprint density at radius 1 is 1.12 bits per heavy atom. The lowest BCUT2D eigenvalue weighted by Gasteiger charge is -2.41. The number of carbonyl (C=O) groups is 3. The first kappa shape index (κ1) is 21.8. The Morgan fingerprint density at radius 3 is 2.56 bits per heavy atom. The van der Waals surface area contributed by atoms with Crippen molar-refractivity contribution in [2.45, 2.75) is 38.0 Å². The van der Waals surface area contributed by atoms with E-state index in [2.05, 4.69) is 15.2 Å². The Hall–Kier alpha value is -3.39. The fourth-order valence-electron chi connectivity index (χ4n) is 4.13. The second-order valence-corrected chi connectivity index (χ2v) is 8.11. The molecule has 1 fully saturated rings. The summed E-state index contributed by atoms with van der Waals surface area (Å²) >= 11 is 0. The summed E-state index contributed by atoms with van der Waals surface area (Å²) < 4.78 is 13.1. The molecule has 2 aliphatic rings. The van der Waals surface area contributed by atoms with E-state index in [1.807, 2.05) is 37.4 Å². The van der Waals surface area contributed by atoms with Crippen molar-refractivity contribution < 1.29 is 18.8 Å². The number of Topliss-reactive ketones (excluding diaryl/α,β-unsaturated/α-hetero) is 1. The molecule has 4 rings (SSSR count). The molecular weight excluding hydrogens is 411 g/mol. The maximum absolute atomic E-state index is 13.1. The maximum Gasteiger partial charge on any atom is 0.298 e. The SMILES string of the molecule is CN(Cc1ccccc1)C1CCCN2C(=O)C(=O)C(C(=O)NCc3ccc(F)cc3)N=C12. The molecule has 0 spiro atoms. The number of ketones is 1. The molecular formula is C24H25FN4O3. The van der Waals surface area contributed by atoms with Crippen LogP contribution in [0.4, 0.5) is 4.39 Å². The molecule has 2 unspecified atom stereocenters. The molecule has 0 aromatic heterocycles. The van der Waals surface area contributed by atoms with Gasteiger partial charge in [-0.25, -0.2) is 9.38 Å². The fourth-order valence-corrected chi connectivity index (χ4v) is 4.13. The Kier molecular flexibility index (Phi) is 6.41. The van der Waals surface area contributed by atoms with E-state index in [1.54, 1.807) is 12.1 Å². The van der Waals surface area contributed by atoms with Crippen molar-refractivity contribution in [3.63, 3.8) is 0 Å². The molecule has 2 heterocycles. The summed E-state index contributed by atoms with van der Waals surface area (Å²) in [5.74, 6) is -2.04. The molecule has 0 radical (unpaired) electrons. The average Bonchev–Trinajstić information content (AvgIpc) is 2.81. The number of fused-ring (bicyclic) bond motifs is 1. The van der Waals surface area contributed by atoms with Gasteiger partial charge in [0.1, 0.15) is 11.7 Å². The molecule has 7 nitrogen and oxygen atoms in total. The first-order valence-corrected chi connectivity index (χ1v) is 10.6. The summed E-state index contributed by atoms with van der Waals surface area (Å²) in [5, 5.41) is 2.64.